The maximum atomic E-state index is 13.6. The molecule has 0 aliphatic rings. The molecule has 1 aromatic heterocycles. The molecule has 0 fully saturated rings. The van der Waals surface area contributed by atoms with E-state index in [-0.39, 0.29) is 10.7 Å². The van der Waals surface area contributed by atoms with Gasteiger partial charge in [-0.05, 0) is 12.1 Å². The van der Waals surface area contributed by atoms with E-state index in [1.54, 1.807) is 5.38 Å². The summed E-state index contributed by atoms with van der Waals surface area (Å²) in [4.78, 5) is 13.7. The molecule has 0 radical (unpaired) electrons. The molecule has 5 nitrogen and oxygen atoms in total. The molecular weight excluding hydrogens is 279 g/mol. The topological polar surface area (TPSA) is 76.1 Å². The number of benzene rings is 1. The zero-order chi connectivity index (χ0) is 13.2. The van der Waals surface area contributed by atoms with Crippen LogP contribution in [0.4, 0.5) is 9.52 Å². The van der Waals surface area contributed by atoms with Crippen molar-refractivity contribution in [3.8, 4) is 0 Å². The van der Waals surface area contributed by atoms with E-state index in [1.807, 2.05) is 0 Å². The summed E-state index contributed by atoms with van der Waals surface area (Å²) >= 11 is 1.08. The van der Waals surface area contributed by atoms with Crippen LogP contribution in [0.5, 0.6) is 0 Å². The SMILES string of the molecule is O=Cc1ccc(S(=O)(=O)Nc2nccs2)c(F)c1. The Kier molecular flexibility index (Phi) is 3.39. The van der Waals surface area contributed by atoms with Gasteiger partial charge in [-0.3, -0.25) is 9.52 Å². The van der Waals surface area contributed by atoms with Gasteiger partial charge < -0.3 is 0 Å². The average molecular weight is 286 g/mol. The quantitative estimate of drug-likeness (QED) is 0.871. The number of nitrogens with one attached hydrogen (secondary N) is 1. The van der Waals surface area contributed by atoms with Crippen LogP contribution in [0.1, 0.15) is 10.4 Å². The van der Waals surface area contributed by atoms with Crippen LogP contribution in [0, 0.1) is 5.82 Å². The molecule has 18 heavy (non-hydrogen) atoms. The summed E-state index contributed by atoms with van der Waals surface area (Å²) in [5.41, 5.74) is 0.0701. The van der Waals surface area contributed by atoms with E-state index in [0.717, 1.165) is 23.5 Å². The highest BCUT2D eigenvalue weighted by atomic mass is 32.2. The van der Waals surface area contributed by atoms with E-state index in [4.69, 9.17) is 0 Å². The maximum absolute atomic E-state index is 13.6. The molecule has 2 rings (SSSR count). The number of aldehydes is 1. The average Bonchev–Trinajstić information content (AvgIpc) is 2.80. The smallest absolute Gasteiger partial charge is 0.266 e. The lowest BCUT2D eigenvalue weighted by Gasteiger charge is -2.06. The lowest BCUT2D eigenvalue weighted by atomic mass is 10.2. The van der Waals surface area contributed by atoms with Crippen molar-refractivity contribution in [2.24, 2.45) is 0 Å². The van der Waals surface area contributed by atoms with E-state index < -0.39 is 20.7 Å². The monoisotopic (exact) mass is 286 g/mol. The number of carbonyl (C=O) groups is 1. The molecule has 0 unspecified atom stereocenters. The molecule has 2 aromatic rings. The summed E-state index contributed by atoms with van der Waals surface area (Å²) in [5.74, 6) is -0.983. The van der Waals surface area contributed by atoms with Gasteiger partial charge in [0.25, 0.3) is 10.0 Å². The minimum atomic E-state index is -4.03. The number of rotatable bonds is 4. The van der Waals surface area contributed by atoms with Gasteiger partial charge in [0, 0.05) is 17.1 Å². The van der Waals surface area contributed by atoms with Crippen LogP contribution in [0.25, 0.3) is 0 Å². The van der Waals surface area contributed by atoms with Crippen molar-refractivity contribution in [2.75, 3.05) is 4.72 Å². The Balaban J connectivity index is 2.38. The molecule has 0 saturated carbocycles. The highest BCUT2D eigenvalue weighted by Gasteiger charge is 2.20. The van der Waals surface area contributed by atoms with Crippen molar-refractivity contribution < 1.29 is 17.6 Å². The summed E-state index contributed by atoms with van der Waals surface area (Å²) in [5, 5.41) is 1.73. The molecule has 0 spiro atoms. The number of sulfonamides is 1. The zero-order valence-corrected chi connectivity index (χ0v) is 10.5. The predicted molar refractivity (Wildman–Crippen MR) is 64.7 cm³/mol. The van der Waals surface area contributed by atoms with Gasteiger partial charge in [0.05, 0.1) is 0 Å². The first-order valence-electron chi connectivity index (χ1n) is 4.70. The van der Waals surface area contributed by atoms with Crippen molar-refractivity contribution in [2.45, 2.75) is 4.90 Å². The largest absolute Gasteiger partial charge is 0.298 e. The van der Waals surface area contributed by atoms with Crippen molar-refractivity contribution in [3.05, 3.63) is 41.2 Å². The number of anilines is 1. The van der Waals surface area contributed by atoms with E-state index >= 15 is 0 Å². The minimum absolute atomic E-state index is 0.0701. The Bertz CT molecular complexity index is 668. The van der Waals surface area contributed by atoms with Gasteiger partial charge in [-0.25, -0.2) is 17.8 Å². The first-order chi connectivity index (χ1) is 8.53. The third-order valence-electron chi connectivity index (χ3n) is 2.04. The highest BCUT2D eigenvalue weighted by Crippen LogP contribution is 2.20. The number of halogens is 1. The van der Waals surface area contributed by atoms with E-state index in [2.05, 4.69) is 9.71 Å². The van der Waals surface area contributed by atoms with Crippen LogP contribution < -0.4 is 4.72 Å². The summed E-state index contributed by atoms with van der Waals surface area (Å²) in [6.45, 7) is 0. The first kappa shape index (κ1) is 12.7. The zero-order valence-electron chi connectivity index (χ0n) is 8.83. The Hall–Kier alpha value is -1.80. The van der Waals surface area contributed by atoms with Gasteiger partial charge in [0.1, 0.15) is 17.0 Å². The number of aromatic nitrogens is 1. The third kappa shape index (κ3) is 2.54. The van der Waals surface area contributed by atoms with Gasteiger partial charge in [0.15, 0.2) is 5.13 Å². The van der Waals surface area contributed by atoms with E-state index in [9.17, 15) is 17.6 Å². The molecule has 1 heterocycles. The fourth-order valence-electron chi connectivity index (χ4n) is 1.25. The molecule has 0 saturated heterocycles. The molecule has 0 amide bonds. The second-order valence-electron chi connectivity index (χ2n) is 3.25. The summed E-state index contributed by atoms with van der Waals surface area (Å²) in [7, 11) is -4.03. The second kappa shape index (κ2) is 4.83. The van der Waals surface area contributed by atoms with Gasteiger partial charge >= 0.3 is 0 Å². The molecule has 8 heteroatoms. The molecule has 94 valence electrons. The molecule has 1 aromatic carbocycles. The fourth-order valence-corrected chi connectivity index (χ4v) is 3.10. The lowest BCUT2D eigenvalue weighted by Crippen LogP contribution is -2.14. The number of thiazole rings is 1. The van der Waals surface area contributed by atoms with Crippen molar-refractivity contribution in [1.29, 1.82) is 0 Å². The summed E-state index contributed by atoms with van der Waals surface area (Å²) < 4.78 is 39.4. The number of hydrogen-bond donors (Lipinski definition) is 1. The van der Waals surface area contributed by atoms with E-state index in [1.165, 1.54) is 12.3 Å². The Morgan fingerprint density at radius 1 is 1.39 bits per heavy atom. The highest BCUT2D eigenvalue weighted by molar-refractivity contribution is 7.93. The van der Waals surface area contributed by atoms with Gasteiger partial charge in [-0.2, -0.15) is 0 Å². The van der Waals surface area contributed by atoms with Crippen molar-refractivity contribution in [3.63, 3.8) is 0 Å². The Morgan fingerprint density at radius 3 is 2.72 bits per heavy atom. The second-order valence-corrected chi connectivity index (χ2v) is 5.80. The summed E-state index contributed by atoms with van der Waals surface area (Å²) in [6, 6.07) is 3.13. The van der Waals surface area contributed by atoms with Crippen molar-refractivity contribution >= 4 is 32.8 Å². The van der Waals surface area contributed by atoms with Gasteiger partial charge in [0.2, 0.25) is 0 Å². The van der Waals surface area contributed by atoms with Crippen LogP contribution in [-0.4, -0.2) is 19.7 Å². The van der Waals surface area contributed by atoms with Crippen LogP contribution in [0.2, 0.25) is 0 Å². The van der Waals surface area contributed by atoms with Crippen LogP contribution in [0.3, 0.4) is 0 Å². The predicted octanol–water partition coefficient (Wildman–Crippen LogP) is 1.90. The molecule has 0 atom stereocenters. The summed E-state index contributed by atoms with van der Waals surface area (Å²) in [6.07, 6.45) is 1.86. The molecule has 1 N–H and O–H groups in total. The van der Waals surface area contributed by atoms with E-state index in [0.29, 0.717) is 6.29 Å². The third-order valence-corrected chi connectivity index (χ3v) is 4.23. The first-order valence-corrected chi connectivity index (χ1v) is 7.06. The maximum Gasteiger partial charge on any atom is 0.266 e. The lowest BCUT2D eigenvalue weighted by molar-refractivity contribution is 0.112. The number of hydrogen-bond acceptors (Lipinski definition) is 5. The molecule has 0 bridgehead atoms. The Morgan fingerprint density at radius 2 is 2.17 bits per heavy atom. The minimum Gasteiger partial charge on any atom is -0.298 e. The van der Waals surface area contributed by atoms with Gasteiger partial charge in [-0.15, -0.1) is 11.3 Å². The van der Waals surface area contributed by atoms with Crippen LogP contribution >= 0.6 is 11.3 Å². The van der Waals surface area contributed by atoms with Gasteiger partial charge in [-0.1, -0.05) is 6.07 Å². The Labute approximate surface area is 106 Å². The fraction of sp³-hybridized carbons (Fsp3) is 0. The van der Waals surface area contributed by atoms with Crippen LogP contribution in [0.15, 0.2) is 34.7 Å². The number of carbonyl (C=O) groups excluding carboxylic acids is 1. The molecule has 0 aliphatic heterocycles. The molecule has 0 aliphatic carbocycles. The normalized spacial score (nSPS) is 11.2. The number of nitrogens with zero attached hydrogens (tertiary/aromatic N) is 1. The van der Waals surface area contributed by atoms with Crippen LogP contribution in [-0.2, 0) is 10.0 Å². The standard InChI is InChI=1S/C10H7FN2O3S2/c11-8-5-7(6-14)1-2-9(8)18(15,16)13-10-12-3-4-17-10/h1-6H,(H,12,13). The molecular formula is C10H7FN2O3S2. The van der Waals surface area contributed by atoms with Crippen molar-refractivity contribution in [1.82, 2.24) is 4.98 Å².